The standard InChI is InChI=1S/C30H58N2/c1-4-5-6-7-8-9-10-11-14-17-20-23-27-32-28-26-31-30(32)25-22-19-16-13-12-15-18-21-24-29(2)3/h26,28-29H,4-25,27H2,1-3H3/p+1. The van der Waals surface area contributed by atoms with Crippen LogP contribution in [0.15, 0.2) is 12.4 Å². The second-order valence-corrected chi connectivity index (χ2v) is 10.8. The molecule has 0 aromatic carbocycles. The number of aromatic nitrogens is 2. The molecule has 0 bridgehead atoms. The predicted molar refractivity (Wildman–Crippen MR) is 142 cm³/mol. The molecule has 0 atom stereocenters. The molecule has 1 N–H and O–H groups in total. The van der Waals surface area contributed by atoms with Gasteiger partial charge in [0.2, 0.25) is 0 Å². The summed E-state index contributed by atoms with van der Waals surface area (Å²) in [5.74, 6) is 2.33. The van der Waals surface area contributed by atoms with Crippen molar-refractivity contribution in [3.8, 4) is 0 Å². The fraction of sp³-hybridized carbons (Fsp3) is 0.900. The third-order valence-corrected chi connectivity index (χ3v) is 7.05. The molecule has 1 aromatic rings. The van der Waals surface area contributed by atoms with Crippen molar-refractivity contribution in [2.24, 2.45) is 5.92 Å². The van der Waals surface area contributed by atoms with Crippen molar-refractivity contribution in [2.45, 2.75) is 169 Å². The first-order valence-corrected chi connectivity index (χ1v) is 14.8. The molecule has 0 amide bonds. The molecule has 0 fully saturated rings. The monoisotopic (exact) mass is 447 g/mol. The number of nitrogens with one attached hydrogen (secondary N) is 1. The molecule has 1 aromatic heterocycles. The number of hydrogen-bond acceptors (Lipinski definition) is 0. The van der Waals surface area contributed by atoms with E-state index >= 15 is 0 Å². The zero-order chi connectivity index (χ0) is 23.1. The molecule has 188 valence electrons. The zero-order valence-corrected chi connectivity index (χ0v) is 22.4. The Kier molecular flexibility index (Phi) is 20.1. The number of aryl methyl sites for hydroxylation is 2. The van der Waals surface area contributed by atoms with Gasteiger partial charge in [0, 0.05) is 6.42 Å². The number of hydrogen-bond donors (Lipinski definition) is 1. The van der Waals surface area contributed by atoms with Crippen LogP contribution < -0.4 is 4.57 Å². The second kappa shape index (κ2) is 22.0. The van der Waals surface area contributed by atoms with Gasteiger partial charge in [-0.25, -0.2) is 9.55 Å². The smallest absolute Gasteiger partial charge is 0.248 e. The van der Waals surface area contributed by atoms with Crippen LogP contribution in [0.4, 0.5) is 0 Å². The topological polar surface area (TPSA) is 19.7 Å². The van der Waals surface area contributed by atoms with Gasteiger partial charge >= 0.3 is 0 Å². The van der Waals surface area contributed by atoms with Gasteiger partial charge in [0.1, 0.15) is 12.4 Å². The van der Waals surface area contributed by atoms with E-state index in [1.54, 1.807) is 0 Å². The molecule has 0 aliphatic heterocycles. The van der Waals surface area contributed by atoms with E-state index in [9.17, 15) is 0 Å². The molecule has 1 heterocycles. The van der Waals surface area contributed by atoms with E-state index in [1.807, 2.05) is 0 Å². The van der Waals surface area contributed by atoms with Gasteiger partial charge in [0.25, 0.3) is 5.82 Å². The fourth-order valence-electron chi connectivity index (χ4n) is 4.85. The maximum atomic E-state index is 3.50. The molecule has 0 spiro atoms. The largest absolute Gasteiger partial charge is 0.254 e. The number of H-pyrrole nitrogens is 1. The Morgan fingerprint density at radius 1 is 0.625 bits per heavy atom. The number of unbranched alkanes of at least 4 members (excludes halogenated alkanes) is 18. The molecule has 0 saturated heterocycles. The number of imidazole rings is 1. The van der Waals surface area contributed by atoms with Crippen LogP contribution in [0.3, 0.4) is 0 Å². The first kappa shape index (κ1) is 29.2. The zero-order valence-electron chi connectivity index (χ0n) is 22.4. The highest BCUT2D eigenvalue weighted by Gasteiger charge is 2.09. The van der Waals surface area contributed by atoms with Crippen LogP contribution in [0.1, 0.15) is 161 Å². The van der Waals surface area contributed by atoms with E-state index in [4.69, 9.17) is 0 Å². The maximum Gasteiger partial charge on any atom is 0.254 e. The summed E-state index contributed by atoms with van der Waals surface area (Å²) in [6, 6.07) is 0. The minimum absolute atomic E-state index is 0.880. The molecule has 2 heteroatoms. The van der Waals surface area contributed by atoms with Crippen molar-refractivity contribution >= 4 is 0 Å². The predicted octanol–water partition coefficient (Wildman–Crippen LogP) is 9.71. The van der Waals surface area contributed by atoms with Crippen LogP contribution >= 0.6 is 0 Å². The number of aromatic amines is 1. The summed E-state index contributed by atoms with van der Waals surface area (Å²) in [5, 5.41) is 0. The second-order valence-electron chi connectivity index (χ2n) is 10.8. The van der Waals surface area contributed by atoms with Gasteiger partial charge < -0.3 is 0 Å². The van der Waals surface area contributed by atoms with Gasteiger partial charge in [0.15, 0.2) is 0 Å². The first-order valence-electron chi connectivity index (χ1n) is 14.8. The lowest BCUT2D eigenvalue weighted by atomic mass is 10.0. The van der Waals surface area contributed by atoms with Gasteiger partial charge in [-0.05, 0) is 25.2 Å². The van der Waals surface area contributed by atoms with E-state index < -0.39 is 0 Å². The first-order chi connectivity index (χ1) is 15.7. The maximum absolute atomic E-state index is 3.50. The van der Waals surface area contributed by atoms with Gasteiger partial charge in [-0.2, -0.15) is 0 Å². The lowest BCUT2D eigenvalue weighted by Gasteiger charge is -2.05. The van der Waals surface area contributed by atoms with Crippen LogP contribution in [0, 0.1) is 5.92 Å². The minimum atomic E-state index is 0.880. The van der Waals surface area contributed by atoms with Gasteiger partial charge in [0.05, 0.1) is 6.54 Å². The van der Waals surface area contributed by atoms with Crippen LogP contribution in [0.25, 0.3) is 0 Å². The van der Waals surface area contributed by atoms with E-state index in [2.05, 4.69) is 42.7 Å². The van der Waals surface area contributed by atoms with Crippen molar-refractivity contribution in [1.29, 1.82) is 0 Å². The Morgan fingerprint density at radius 2 is 1.09 bits per heavy atom. The SMILES string of the molecule is CCCCCCCCCCCCCC[n+]1cc[nH]c1CCCCCCCCCCC(C)C. The van der Waals surface area contributed by atoms with Crippen LogP contribution in [-0.2, 0) is 13.0 Å². The average Bonchev–Trinajstić information content (AvgIpc) is 3.22. The molecule has 0 aliphatic rings. The Labute approximate surface area is 202 Å². The summed E-state index contributed by atoms with van der Waals surface area (Å²) in [6.07, 6.45) is 35.5. The summed E-state index contributed by atoms with van der Waals surface area (Å²) >= 11 is 0. The van der Waals surface area contributed by atoms with E-state index in [1.165, 1.54) is 154 Å². The summed E-state index contributed by atoms with van der Waals surface area (Å²) < 4.78 is 2.48. The molecule has 2 nitrogen and oxygen atoms in total. The van der Waals surface area contributed by atoms with Crippen molar-refractivity contribution < 1.29 is 4.57 Å². The Bertz CT molecular complexity index is 491. The molecule has 0 aliphatic carbocycles. The van der Waals surface area contributed by atoms with Gasteiger partial charge in [-0.1, -0.05) is 136 Å². The quantitative estimate of drug-likeness (QED) is 0.120. The van der Waals surface area contributed by atoms with Crippen molar-refractivity contribution in [1.82, 2.24) is 4.98 Å². The molecule has 0 unspecified atom stereocenters. The lowest BCUT2D eigenvalue weighted by Crippen LogP contribution is -2.36. The molecule has 0 saturated carbocycles. The molecular weight excluding hydrogens is 388 g/mol. The summed E-state index contributed by atoms with van der Waals surface area (Å²) in [6.45, 7) is 8.18. The normalized spacial score (nSPS) is 11.6. The highest BCUT2D eigenvalue weighted by Crippen LogP contribution is 2.14. The Hall–Kier alpha value is -0.790. The molecule has 1 rings (SSSR count). The molecule has 32 heavy (non-hydrogen) atoms. The van der Waals surface area contributed by atoms with Crippen LogP contribution in [0.5, 0.6) is 0 Å². The Morgan fingerprint density at radius 3 is 1.62 bits per heavy atom. The molecular formula is C30H59N2+. The van der Waals surface area contributed by atoms with Crippen LogP contribution in [-0.4, -0.2) is 4.98 Å². The van der Waals surface area contributed by atoms with Crippen molar-refractivity contribution in [3.63, 3.8) is 0 Å². The summed E-state index contributed by atoms with van der Waals surface area (Å²) in [5.41, 5.74) is 0. The van der Waals surface area contributed by atoms with Gasteiger partial charge in [-0.3, -0.25) is 0 Å². The summed E-state index contributed by atoms with van der Waals surface area (Å²) in [7, 11) is 0. The van der Waals surface area contributed by atoms with E-state index in [0.29, 0.717) is 0 Å². The van der Waals surface area contributed by atoms with Crippen LogP contribution in [0.2, 0.25) is 0 Å². The highest BCUT2D eigenvalue weighted by molar-refractivity contribution is 4.77. The average molecular weight is 448 g/mol. The summed E-state index contributed by atoms with van der Waals surface area (Å²) in [4.78, 5) is 3.50. The minimum Gasteiger partial charge on any atom is -0.248 e. The third-order valence-electron chi connectivity index (χ3n) is 7.05. The number of nitrogens with zero attached hydrogens (tertiary/aromatic N) is 1. The Balaban J connectivity index is 1.91. The third kappa shape index (κ3) is 17.7. The van der Waals surface area contributed by atoms with Crippen molar-refractivity contribution in [2.75, 3.05) is 0 Å². The lowest BCUT2D eigenvalue weighted by molar-refractivity contribution is -0.703. The molecule has 0 radical (unpaired) electrons. The van der Waals surface area contributed by atoms with E-state index in [0.717, 1.165) is 5.92 Å². The highest BCUT2D eigenvalue weighted by atomic mass is 15.1. The van der Waals surface area contributed by atoms with Gasteiger partial charge in [-0.15, -0.1) is 0 Å². The fourth-order valence-corrected chi connectivity index (χ4v) is 4.85. The van der Waals surface area contributed by atoms with Crippen molar-refractivity contribution in [3.05, 3.63) is 18.2 Å². The van der Waals surface area contributed by atoms with E-state index in [-0.39, 0.29) is 0 Å². The number of rotatable bonds is 24.